The summed E-state index contributed by atoms with van der Waals surface area (Å²) in [4.78, 5) is 31.6. The zero-order chi connectivity index (χ0) is 20.2. The number of fused-ring (bicyclic) bond motifs is 1. The van der Waals surface area contributed by atoms with Crippen LogP contribution in [0.4, 0.5) is 0 Å². The van der Waals surface area contributed by atoms with Gasteiger partial charge in [-0.3, -0.25) is 9.59 Å². The first-order chi connectivity index (χ1) is 14.1. The zero-order valence-corrected chi connectivity index (χ0v) is 15.9. The van der Waals surface area contributed by atoms with E-state index in [1.165, 1.54) is 0 Å². The van der Waals surface area contributed by atoms with Crippen LogP contribution in [0.1, 0.15) is 23.4 Å². The fourth-order valence-corrected chi connectivity index (χ4v) is 3.05. The second-order valence-corrected chi connectivity index (χ2v) is 6.88. The number of nitrogens with one attached hydrogen (secondary N) is 2. The molecule has 0 spiro atoms. The lowest BCUT2D eigenvalue weighted by atomic mass is 10.1. The Morgan fingerprint density at radius 3 is 2.79 bits per heavy atom. The summed E-state index contributed by atoms with van der Waals surface area (Å²) in [6, 6.07) is 17.3. The second kappa shape index (κ2) is 8.10. The third-order valence-electron chi connectivity index (χ3n) is 4.61. The summed E-state index contributed by atoms with van der Waals surface area (Å²) in [6.45, 7) is 2.44. The zero-order valence-electron chi connectivity index (χ0n) is 15.9. The number of hydrogen-bond acceptors (Lipinski definition) is 5. The maximum absolute atomic E-state index is 12.4. The van der Waals surface area contributed by atoms with Gasteiger partial charge in [0.2, 0.25) is 17.6 Å². The molecule has 146 valence electrons. The number of nitrogens with zero attached hydrogens (tertiary/aromatic N) is 2. The molecule has 4 rings (SSSR count). The second-order valence-electron chi connectivity index (χ2n) is 6.88. The molecule has 2 aromatic carbocycles. The van der Waals surface area contributed by atoms with Crippen LogP contribution >= 0.6 is 0 Å². The van der Waals surface area contributed by atoms with E-state index < -0.39 is 0 Å². The molecule has 29 heavy (non-hydrogen) atoms. The van der Waals surface area contributed by atoms with Crippen molar-refractivity contribution in [1.29, 1.82) is 0 Å². The Balaban J connectivity index is 1.41. The van der Waals surface area contributed by atoms with E-state index in [4.69, 9.17) is 4.52 Å². The van der Waals surface area contributed by atoms with Crippen LogP contribution in [0.15, 0.2) is 63.9 Å². The van der Waals surface area contributed by atoms with Crippen molar-refractivity contribution in [2.24, 2.45) is 0 Å². The van der Waals surface area contributed by atoms with Crippen molar-refractivity contribution < 1.29 is 9.32 Å². The highest BCUT2D eigenvalue weighted by Gasteiger charge is 2.14. The van der Waals surface area contributed by atoms with Crippen LogP contribution in [0.25, 0.3) is 22.3 Å². The van der Waals surface area contributed by atoms with E-state index in [1.54, 1.807) is 6.07 Å². The van der Waals surface area contributed by atoms with Gasteiger partial charge in [-0.2, -0.15) is 4.98 Å². The normalized spacial score (nSPS) is 10.9. The van der Waals surface area contributed by atoms with Crippen LogP contribution in [0, 0.1) is 6.92 Å². The van der Waals surface area contributed by atoms with Crippen LogP contribution in [-0.4, -0.2) is 21.0 Å². The van der Waals surface area contributed by atoms with Gasteiger partial charge in [-0.25, -0.2) is 0 Å². The predicted octanol–water partition coefficient (Wildman–Crippen LogP) is 3.14. The summed E-state index contributed by atoms with van der Waals surface area (Å²) in [5.74, 6) is 0.430. The van der Waals surface area contributed by atoms with Gasteiger partial charge in [0.25, 0.3) is 5.56 Å². The number of aromatic amines is 1. The van der Waals surface area contributed by atoms with Gasteiger partial charge in [0.1, 0.15) is 0 Å². The van der Waals surface area contributed by atoms with Gasteiger partial charge in [0.05, 0.1) is 5.56 Å². The van der Waals surface area contributed by atoms with E-state index in [0.29, 0.717) is 24.4 Å². The number of carbonyl (C=O) groups is 1. The van der Waals surface area contributed by atoms with Gasteiger partial charge in [0, 0.05) is 24.9 Å². The van der Waals surface area contributed by atoms with Gasteiger partial charge in [-0.05, 0) is 35.6 Å². The van der Waals surface area contributed by atoms with E-state index in [2.05, 4.69) is 20.4 Å². The number of H-pyrrole nitrogens is 1. The summed E-state index contributed by atoms with van der Waals surface area (Å²) < 4.78 is 5.22. The summed E-state index contributed by atoms with van der Waals surface area (Å²) >= 11 is 0. The van der Waals surface area contributed by atoms with Crippen LogP contribution in [0.2, 0.25) is 0 Å². The molecule has 0 aliphatic carbocycles. The smallest absolute Gasteiger partial charge is 0.259 e. The largest absolute Gasteiger partial charge is 0.352 e. The van der Waals surface area contributed by atoms with E-state index in [-0.39, 0.29) is 23.7 Å². The molecule has 0 aliphatic heterocycles. The van der Waals surface area contributed by atoms with E-state index >= 15 is 0 Å². The van der Waals surface area contributed by atoms with Crippen molar-refractivity contribution in [2.75, 3.05) is 0 Å². The molecular formula is C22H20N4O3. The molecule has 7 nitrogen and oxygen atoms in total. The molecule has 0 unspecified atom stereocenters. The molecule has 2 aromatic heterocycles. The standard InChI is InChI=1S/C22H20N4O3/c1-14-7-8-16-12-17(22(28)24-18(16)11-14)21-25-20(29-26-21)10-9-19(27)23-13-15-5-3-2-4-6-15/h2-8,11-12H,9-10,13H2,1H3,(H,23,27)(H,24,28). The summed E-state index contributed by atoms with van der Waals surface area (Å²) in [7, 11) is 0. The molecule has 2 heterocycles. The highest BCUT2D eigenvalue weighted by Crippen LogP contribution is 2.18. The Bertz CT molecular complexity index is 1210. The molecule has 0 saturated carbocycles. The third kappa shape index (κ3) is 4.40. The van der Waals surface area contributed by atoms with Crippen LogP contribution < -0.4 is 10.9 Å². The summed E-state index contributed by atoms with van der Waals surface area (Å²) in [5, 5.41) is 7.65. The number of carbonyl (C=O) groups excluding carboxylic acids is 1. The first-order valence-corrected chi connectivity index (χ1v) is 9.36. The van der Waals surface area contributed by atoms with Crippen molar-refractivity contribution in [3.63, 3.8) is 0 Å². The maximum Gasteiger partial charge on any atom is 0.259 e. The fraction of sp³-hybridized carbons (Fsp3) is 0.182. The highest BCUT2D eigenvalue weighted by molar-refractivity contribution is 5.82. The SMILES string of the molecule is Cc1ccc2cc(-c3noc(CCC(=O)NCc4ccccc4)n3)c(=O)[nH]c2c1. The van der Waals surface area contributed by atoms with Crippen LogP contribution in [-0.2, 0) is 17.8 Å². The maximum atomic E-state index is 12.4. The lowest BCUT2D eigenvalue weighted by Crippen LogP contribution is -2.22. The molecule has 7 heteroatoms. The van der Waals surface area contributed by atoms with Crippen molar-refractivity contribution in [2.45, 2.75) is 26.3 Å². The van der Waals surface area contributed by atoms with Gasteiger partial charge in [-0.1, -0.05) is 47.6 Å². The molecule has 4 aromatic rings. The number of benzene rings is 2. The minimum Gasteiger partial charge on any atom is -0.352 e. The quantitative estimate of drug-likeness (QED) is 0.528. The Hall–Kier alpha value is -3.74. The van der Waals surface area contributed by atoms with E-state index in [1.807, 2.05) is 55.5 Å². The minimum absolute atomic E-state index is 0.104. The molecular weight excluding hydrogens is 368 g/mol. The summed E-state index contributed by atoms with van der Waals surface area (Å²) in [5.41, 5.74) is 2.92. The Kier molecular flexibility index (Phi) is 5.20. The number of amides is 1. The lowest BCUT2D eigenvalue weighted by Gasteiger charge is -2.03. The van der Waals surface area contributed by atoms with Crippen molar-refractivity contribution >= 4 is 16.8 Å². The Morgan fingerprint density at radius 2 is 1.97 bits per heavy atom. The number of pyridine rings is 1. The van der Waals surface area contributed by atoms with Crippen LogP contribution in [0.5, 0.6) is 0 Å². The van der Waals surface area contributed by atoms with E-state index in [9.17, 15) is 9.59 Å². The molecule has 0 fully saturated rings. The number of aryl methyl sites for hydroxylation is 2. The monoisotopic (exact) mass is 388 g/mol. The molecule has 0 saturated heterocycles. The molecule has 0 bridgehead atoms. The summed E-state index contributed by atoms with van der Waals surface area (Å²) in [6.07, 6.45) is 0.528. The lowest BCUT2D eigenvalue weighted by molar-refractivity contribution is -0.121. The molecule has 0 aliphatic rings. The van der Waals surface area contributed by atoms with Gasteiger partial charge >= 0.3 is 0 Å². The molecule has 0 atom stereocenters. The first-order valence-electron chi connectivity index (χ1n) is 9.36. The number of rotatable bonds is 6. The van der Waals surface area contributed by atoms with Crippen LogP contribution in [0.3, 0.4) is 0 Å². The Morgan fingerprint density at radius 1 is 1.14 bits per heavy atom. The average Bonchev–Trinajstić information content (AvgIpc) is 3.19. The predicted molar refractivity (Wildman–Crippen MR) is 109 cm³/mol. The molecule has 2 N–H and O–H groups in total. The molecule has 0 radical (unpaired) electrons. The van der Waals surface area contributed by atoms with Crippen molar-refractivity contribution in [3.8, 4) is 11.4 Å². The topological polar surface area (TPSA) is 101 Å². The highest BCUT2D eigenvalue weighted by atomic mass is 16.5. The van der Waals surface area contributed by atoms with Gasteiger partial charge in [0.15, 0.2) is 0 Å². The first kappa shape index (κ1) is 18.6. The van der Waals surface area contributed by atoms with Crippen molar-refractivity contribution in [1.82, 2.24) is 20.4 Å². The molecule has 1 amide bonds. The minimum atomic E-state index is -0.281. The fourth-order valence-electron chi connectivity index (χ4n) is 3.05. The number of aromatic nitrogens is 3. The Labute approximate surface area is 166 Å². The number of hydrogen-bond donors (Lipinski definition) is 2. The van der Waals surface area contributed by atoms with Gasteiger partial charge in [-0.15, -0.1) is 0 Å². The average molecular weight is 388 g/mol. The third-order valence-corrected chi connectivity index (χ3v) is 4.61. The van der Waals surface area contributed by atoms with E-state index in [0.717, 1.165) is 22.0 Å². The van der Waals surface area contributed by atoms with Crippen molar-refractivity contribution in [3.05, 3.63) is 82.0 Å². The van der Waals surface area contributed by atoms with Gasteiger partial charge < -0.3 is 14.8 Å².